The number of hydrogen-bond acceptors (Lipinski definition) is 5. The number of hydrogen-bond donors (Lipinski definition) is 1. The molecule has 0 atom stereocenters. The second-order valence-corrected chi connectivity index (χ2v) is 5.61. The van der Waals surface area contributed by atoms with Crippen LogP contribution in [-0.4, -0.2) is 31.5 Å². The molecule has 0 heterocycles. The van der Waals surface area contributed by atoms with Gasteiger partial charge in [-0.2, -0.15) is 13.2 Å². The van der Waals surface area contributed by atoms with Crippen molar-refractivity contribution in [2.24, 2.45) is 0 Å². The van der Waals surface area contributed by atoms with Crippen LogP contribution in [0.15, 0.2) is 48.5 Å². The predicted molar refractivity (Wildman–Crippen MR) is 91.4 cm³/mol. The summed E-state index contributed by atoms with van der Waals surface area (Å²) in [7, 11) is 1.24. The zero-order valence-electron chi connectivity index (χ0n) is 14.7. The Kier molecular flexibility index (Phi) is 6.75. The normalized spacial score (nSPS) is 10.9. The van der Waals surface area contributed by atoms with Crippen LogP contribution in [0, 0.1) is 0 Å². The lowest BCUT2D eigenvalue weighted by Gasteiger charge is -2.09. The largest absolute Gasteiger partial charge is 0.465 e. The number of benzene rings is 2. The van der Waals surface area contributed by atoms with Crippen LogP contribution < -0.4 is 5.32 Å². The molecule has 0 aliphatic rings. The molecule has 0 fully saturated rings. The smallest absolute Gasteiger partial charge is 0.416 e. The van der Waals surface area contributed by atoms with Gasteiger partial charge in [-0.05, 0) is 42.0 Å². The molecule has 2 aromatic carbocycles. The van der Waals surface area contributed by atoms with Gasteiger partial charge in [-0.25, -0.2) is 4.79 Å². The van der Waals surface area contributed by atoms with Crippen LogP contribution in [0.3, 0.4) is 0 Å². The second-order valence-electron chi connectivity index (χ2n) is 5.61. The molecule has 28 heavy (non-hydrogen) atoms. The van der Waals surface area contributed by atoms with Crippen molar-refractivity contribution in [3.8, 4) is 0 Å². The number of nitrogens with one attached hydrogen (secondary N) is 1. The molecule has 0 aliphatic carbocycles. The van der Waals surface area contributed by atoms with Crippen molar-refractivity contribution < 1.29 is 37.0 Å². The molecule has 0 spiro atoms. The zero-order valence-corrected chi connectivity index (χ0v) is 14.7. The summed E-state index contributed by atoms with van der Waals surface area (Å²) in [5, 5.41) is 2.26. The fraction of sp³-hybridized carbons (Fsp3) is 0.211. The lowest BCUT2D eigenvalue weighted by molar-refractivity contribution is -0.143. The van der Waals surface area contributed by atoms with Gasteiger partial charge >= 0.3 is 18.1 Å². The lowest BCUT2D eigenvalue weighted by Crippen LogP contribution is -2.30. The first-order valence-corrected chi connectivity index (χ1v) is 7.99. The molecule has 1 amide bonds. The van der Waals surface area contributed by atoms with E-state index < -0.39 is 36.1 Å². The fourth-order valence-corrected chi connectivity index (χ4v) is 2.19. The quantitative estimate of drug-likeness (QED) is 0.761. The standard InChI is InChI=1S/C19H16F3NO5/c1-27-18(26)14-4-2-3-12(9-14)11-28-16(24)10-23-17(25)13-5-7-15(8-6-13)19(20,21)22/h2-9H,10-11H2,1H3,(H,23,25). The van der Waals surface area contributed by atoms with Crippen molar-refractivity contribution in [2.75, 3.05) is 13.7 Å². The van der Waals surface area contributed by atoms with E-state index in [2.05, 4.69) is 10.1 Å². The zero-order chi connectivity index (χ0) is 20.7. The molecule has 2 rings (SSSR count). The highest BCUT2D eigenvalue weighted by atomic mass is 19.4. The number of alkyl halides is 3. The summed E-state index contributed by atoms with van der Waals surface area (Å²) in [5.41, 5.74) is -0.0544. The first-order chi connectivity index (χ1) is 13.2. The Morgan fingerprint density at radius 1 is 1.00 bits per heavy atom. The van der Waals surface area contributed by atoms with Gasteiger partial charge in [-0.15, -0.1) is 0 Å². The first kappa shape index (κ1) is 20.9. The van der Waals surface area contributed by atoms with E-state index >= 15 is 0 Å². The average Bonchev–Trinajstić information content (AvgIpc) is 2.69. The van der Waals surface area contributed by atoms with E-state index in [1.165, 1.54) is 13.2 Å². The number of halogens is 3. The monoisotopic (exact) mass is 395 g/mol. The SMILES string of the molecule is COC(=O)c1cccc(COC(=O)CNC(=O)c2ccc(C(F)(F)F)cc2)c1. The van der Waals surface area contributed by atoms with E-state index in [-0.39, 0.29) is 12.2 Å². The van der Waals surface area contributed by atoms with E-state index in [0.717, 1.165) is 24.3 Å². The molecule has 148 valence electrons. The third-order valence-corrected chi connectivity index (χ3v) is 3.62. The van der Waals surface area contributed by atoms with E-state index in [4.69, 9.17) is 4.74 Å². The van der Waals surface area contributed by atoms with Crippen LogP contribution in [-0.2, 0) is 27.1 Å². The fourth-order valence-electron chi connectivity index (χ4n) is 2.19. The highest BCUT2D eigenvalue weighted by Crippen LogP contribution is 2.29. The van der Waals surface area contributed by atoms with E-state index in [1.54, 1.807) is 18.2 Å². The Hall–Kier alpha value is -3.36. The number of rotatable bonds is 6. The Morgan fingerprint density at radius 2 is 1.68 bits per heavy atom. The minimum absolute atomic E-state index is 0.0217. The van der Waals surface area contributed by atoms with Crippen molar-refractivity contribution in [3.05, 3.63) is 70.8 Å². The highest BCUT2D eigenvalue weighted by molar-refractivity contribution is 5.96. The summed E-state index contributed by atoms with van der Waals surface area (Å²) in [6.45, 7) is -0.587. The predicted octanol–water partition coefficient (Wildman–Crippen LogP) is 2.97. The van der Waals surface area contributed by atoms with Gasteiger partial charge in [0.15, 0.2) is 0 Å². The Labute approximate surface area is 158 Å². The van der Waals surface area contributed by atoms with Crippen molar-refractivity contribution in [1.29, 1.82) is 0 Å². The van der Waals surface area contributed by atoms with Crippen LogP contribution in [0.5, 0.6) is 0 Å². The molecule has 6 nitrogen and oxygen atoms in total. The molecule has 0 aromatic heterocycles. The third-order valence-electron chi connectivity index (χ3n) is 3.62. The third kappa shape index (κ3) is 5.83. The van der Waals surface area contributed by atoms with Crippen LogP contribution >= 0.6 is 0 Å². The van der Waals surface area contributed by atoms with E-state index in [9.17, 15) is 27.6 Å². The van der Waals surface area contributed by atoms with Crippen LogP contribution in [0.4, 0.5) is 13.2 Å². The van der Waals surface area contributed by atoms with Gasteiger partial charge in [0, 0.05) is 5.56 Å². The molecule has 0 saturated carbocycles. The van der Waals surface area contributed by atoms with Gasteiger partial charge < -0.3 is 14.8 Å². The summed E-state index contributed by atoms with van der Waals surface area (Å²) in [6, 6.07) is 9.87. The number of carbonyl (C=O) groups excluding carboxylic acids is 3. The maximum atomic E-state index is 12.5. The van der Waals surface area contributed by atoms with Crippen molar-refractivity contribution in [2.45, 2.75) is 12.8 Å². The molecular weight excluding hydrogens is 379 g/mol. The number of carbonyl (C=O) groups is 3. The second kappa shape index (κ2) is 9.03. The highest BCUT2D eigenvalue weighted by Gasteiger charge is 2.30. The Bertz CT molecular complexity index is 863. The molecular formula is C19H16F3NO5. The molecule has 2 aromatic rings. The van der Waals surface area contributed by atoms with Crippen molar-refractivity contribution >= 4 is 17.8 Å². The molecule has 9 heteroatoms. The molecule has 0 radical (unpaired) electrons. The number of ether oxygens (including phenoxy) is 2. The average molecular weight is 395 g/mol. The van der Waals surface area contributed by atoms with Gasteiger partial charge in [-0.3, -0.25) is 9.59 Å². The molecule has 0 aliphatic heterocycles. The maximum absolute atomic E-state index is 12.5. The molecule has 0 bridgehead atoms. The lowest BCUT2D eigenvalue weighted by atomic mass is 10.1. The summed E-state index contributed by atoms with van der Waals surface area (Å²) >= 11 is 0. The minimum atomic E-state index is -4.50. The molecule has 0 saturated heterocycles. The summed E-state index contributed by atoms with van der Waals surface area (Å²) < 4.78 is 47.1. The van der Waals surface area contributed by atoms with Crippen LogP contribution in [0.1, 0.15) is 31.8 Å². The Morgan fingerprint density at radius 3 is 2.29 bits per heavy atom. The summed E-state index contributed by atoms with van der Waals surface area (Å²) in [4.78, 5) is 35.1. The van der Waals surface area contributed by atoms with Crippen LogP contribution in [0.25, 0.3) is 0 Å². The van der Waals surface area contributed by atoms with Gasteiger partial charge in [-0.1, -0.05) is 12.1 Å². The number of methoxy groups -OCH3 is 1. The van der Waals surface area contributed by atoms with Gasteiger partial charge in [0.1, 0.15) is 13.2 Å². The Balaban J connectivity index is 1.84. The summed E-state index contributed by atoms with van der Waals surface area (Å²) in [5.74, 6) is -1.99. The topological polar surface area (TPSA) is 81.7 Å². The first-order valence-electron chi connectivity index (χ1n) is 7.99. The number of esters is 2. The van der Waals surface area contributed by atoms with Crippen LogP contribution in [0.2, 0.25) is 0 Å². The van der Waals surface area contributed by atoms with Crippen molar-refractivity contribution in [1.82, 2.24) is 5.32 Å². The molecule has 1 N–H and O–H groups in total. The van der Waals surface area contributed by atoms with Gasteiger partial charge in [0.05, 0.1) is 18.2 Å². The maximum Gasteiger partial charge on any atom is 0.416 e. The van der Waals surface area contributed by atoms with Gasteiger partial charge in [0.2, 0.25) is 0 Å². The van der Waals surface area contributed by atoms with Gasteiger partial charge in [0.25, 0.3) is 5.91 Å². The molecule has 0 unspecified atom stereocenters. The van der Waals surface area contributed by atoms with E-state index in [0.29, 0.717) is 11.1 Å². The minimum Gasteiger partial charge on any atom is -0.465 e. The number of amides is 1. The van der Waals surface area contributed by atoms with E-state index in [1.807, 2.05) is 0 Å². The summed E-state index contributed by atoms with van der Waals surface area (Å²) in [6.07, 6.45) is -4.50. The van der Waals surface area contributed by atoms with Crippen molar-refractivity contribution in [3.63, 3.8) is 0 Å².